The van der Waals surface area contributed by atoms with Gasteiger partial charge < -0.3 is 20.7 Å². The molecule has 0 saturated heterocycles. The van der Waals surface area contributed by atoms with Crippen molar-refractivity contribution < 1.29 is 9.53 Å². The Morgan fingerprint density at radius 2 is 2.09 bits per heavy atom. The number of benzene rings is 2. The van der Waals surface area contributed by atoms with Crippen molar-refractivity contribution in [3.63, 3.8) is 0 Å². The van der Waals surface area contributed by atoms with Crippen LogP contribution < -0.4 is 20.7 Å². The zero-order valence-electron chi connectivity index (χ0n) is 13.2. The number of carbonyl (C=O) groups is 1. The minimum absolute atomic E-state index is 0.0301. The maximum absolute atomic E-state index is 12.6. The Bertz CT molecular complexity index is 715. The van der Waals surface area contributed by atoms with Crippen LogP contribution in [0.3, 0.4) is 0 Å². The molecule has 120 valence electrons. The van der Waals surface area contributed by atoms with Gasteiger partial charge in [0.15, 0.2) is 0 Å². The number of rotatable bonds is 4. The third-order valence-electron chi connectivity index (χ3n) is 4.12. The fourth-order valence-electron chi connectivity index (χ4n) is 2.97. The van der Waals surface area contributed by atoms with Crippen LogP contribution in [-0.4, -0.2) is 26.1 Å². The number of anilines is 3. The summed E-state index contributed by atoms with van der Waals surface area (Å²) in [6.45, 7) is 0.942. The molecule has 1 aliphatic rings. The molecular formula is C18H21N3O2. The standard InChI is InChI=1S/C18H21N3O2/c1-23-17-10-3-2-8-15(17)20-12-18(22)21-11-5-6-13-14(19)7-4-9-16(13)21/h2-4,7-10,20H,5-6,11-12,19H2,1H3. The Kier molecular flexibility index (Phi) is 4.37. The molecule has 1 amide bonds. The Morgan fingerprint density at radius 3 is 2.91 bits per heavy atom. The number of hydrogen-bond acceptors (Lipinski definition) is 4. The minimum Gasteiger partial charge on any atom is -0.495 e. The number of nitrogen functional groups attached to an aromatic ring is 1. The van der Waals surface area contributed by atoms with Gasteiger partial charge in [-0.2, -0.15) is 0 Å². The molecular weight excluding hydrogens is 290 g/mol. The highest BCUT2D eigenvalue weighted by atomic mass is 16.5. The summed E-state index contributed by atoms with van der Waals surface area (Å²) in [5.41, 5.74) is 9.62. The van der Waals surface area contributed by atoms with Crippen LogP contribution in [0.15, 0.2) is 42.5 Å². The lowest BCUT2D eigenvalue weighted by Crippen LogP contribution is -2.39. The van der Waals surface area contributed by atoms with Crippen LogP contribution in [0, 0.1) is 0 Å². The van der Waals surface area contributed by atoms with Crippen LogP contribution in [0.1, 0.15) is 12.0 Å². The molecule has 0 fully saturated rings. The van der Waals surface area contributed by atoms with Gasteiger partial charge in [-0.25, -0.2) is 0 Å². The predicted octanol–water partition coefficient (Wildman–Crippen LogP) is 2.67. The van der Waals surface area contributed by atoms with E-state index in [4.69, 9.17) is 10.5 Å². The van der Waals surface area contributed by atoms with Crippen molar-refractivity contribution in [2.45, 2.75) is 12.8 Å². The molecule has 1 aliphatic heterocycles. The molecule has 2 aromatic carbocycles. The zero-order valence-corrected chi connectivity index (χ0v) is 13.2. The molecule has 5 heteroatoms. The summed E-state index contributed by atoms with van der Waals surface area (Å²) >= 11 is 0. The van der Waals surface area contributed by atoms with Gasteiger partial charge in [0.05, 0.1) is 19.3 Å². The molecule has 3 rings (SSSR count). The highest BCUT2D eigenvalue weighted by Gasteiger charge is 2.23. The normalized spacial score (nSPS) is 13.3. The Morgan fingerprint density at radius 1 is 1.26 bits per heavy atom. The van der Waals surface area contributed by atoms with Crippen molar-refractivity contribution in [2.75, 3.05) is 36.1 Å². The van der Waals surface area contributed by atoms with Crippen LogP contribution in [0.2, 0.25) is 0 Å². The first-order valence-corrected chi connectivity index (χ1v) is 7.75. The summed E-state index contributed by atoms with van der Waals surface area (Å²) in [6.07, 6.45) is 1.85. The second kappa shape index (κ2) is 6.60. The van der Waals surface area contributed by atoms with Crippen LogP contribution in [-0.2, 0) is 11.2 Å². The number of nitrogens with zero attached hydrogens (tertiary/aromatic N) is 1. The molecule has 1 heterocycles. The Labute approximate surface area is 136 Å². The van der Waals surface area contributed by atoms with Gasteiger partial charge in [0, 0.05) is 17.9 Å². The number of nitrogens with two attached hydrogens (primary N) is 1. The van der Waals surface area contributed by atoms with Crippen LogP contribution >= 0.6 is 0 Å². The van der Waals surface area contributed by atoms with E-state index in [1.165, 1.54) is 0 Å². The van der Waals surface area contributed by atoms with E-state index in [2.05, 4.69) is 5.32 Å². The van der Waals surface area contributed by atoms with Gasteiger partial charge in [-0.3, -0.25) is 4.79 Å². The number of nitrogens with one attached hydrogen (secondary N) is 1. The smallest absolute Gasteiger partial charge is 0.246 e. The van der Waals surface area contributed by atoms with Crippen molar-refractivity contribution in [1.82, 2.24) is 0 Å². The average molecular weight is 311 g/mol. The third-order valence-corrected chi connectivity index (χ3v) is 4.12. The number of ether oxygens (including phenoxy) is 1. The van der Waals surface area contributed by atoms with Gasteiger partial charge in [0.1, 0.15) is 5.75 Å². The summed E-state index contributed by atoms with van der Waals surface area (Å²) in [5, 5.41) is 3.16. The quantitative estimate of drug-likeness (QED) is 0.852. The zero-order chi connectivity index (χ0) is 16.2. The Balaban J connectivity index is 1.74. The third kappa shape index (κ3) is 3.08. The molecule has 23 heavy (non-hydrogen) atoms. The van der Waals surface area contributed by atoms with Crippen LogP contribution in [0.4, 0.5) is 17.1 Å². The molecule has 0 spiro atoms. The van der Waals surface area contributed by atoms with E-state index in [0.29, 0.717) is 0 Å². The van der Waals surface area contributed by atoms with Gasteiger partial charge in [-0.05, 0) is 42.7 Å². The van der Waals surface area contributed by atoms with E-state index >= 15 is 0 Å². The molecule has 0 bridgehead atoms. The van der Waals surface area contributed by atoms with Gasteiger partial charge in [0.2, 0.25) is 5.91 Å². The van der Waals surface area contributed by atoms with E-state index in [9.17, 15) is 4.79 Å². The molecule has 0 unspecified atom stereocenters. The number of fused-ring (bicyclic) bond motifs is 1. The first-order valence-electron chi connectivity index (χ1n) is 7.75. The maximum atomic E-state index is 12.6. The Hall–Kier alpha value is -2.69. The van der Waals surface area contributed by atoms with Crippen LogP contribution in [0.5, 0.6) is 5.75 Å². The van der Waals surface area contributed by atoms with Gasteiger partial charge >= 0.3 is 0 Å². The van der Waals surface area contributed by atoms with Crippen molar-refractivity contribution in [1.29, 1.82) is 0 Å². The topological polar surface area (TPSA) is 67.6 Å². The lowest BCUT2D eigenvalue weighted by Gasteiger charge is -2.30. The van der Waals surface area contributed by atoms with Gasteiger partial charge in [0.25, 0.3) is 0 Å². The summed E-state index contributed by atoms with van der Waals surface area (Å²) in [6, 6.07) is 13.3. The lowest BCUT2D eigenvalue weighted by molar-refractivity contribution is -0.117. The van der Waals surface area contributed by atoms with E-state index in [0.717, 1.165) is 47.8 Å². The molecule has 3 N–H and O–H groups in total. The summed E-state index contributed by atoms with van der Waals surface area (Å²) in [7, 11) is 1.62. The molecule has 2 aromatic rings. The average Bonchev–Trinajstić information content (AvgIpc) is 2.60. The second-order valence-corrected chi connectivity index (χ2v) is 5.55. The minimum atomic E-state index is 0.0301. The van der Waals surface area contributed by atoms with E-state index in [1.807, 2.05) is 47.4 Å². The maximum Gasteiger partial charge on any atom is 0.246 e. The molecule has 5 nitrogen and oxygen atoms in total. The lowest BCUT2D eigenvalue weighted by atomic mass is 10.00. The molecule has 0 aliphatic carbocycles. The molecule has 0 radical (unpaired) electrons. The van der Waals surface area contributed by atoms with Crippen molar-refractivity contribution in [3.05, 3.63) is 48.0 Å². The summed E-state index contributed by atoms with van der Waals surface area (Å²) in [5.74, 6) is 0.756. The number of methoxy groups -OCH3 is 1. The number of carbonyl (C=O) groups excluding carboxylic acids is 1. The van der Waals surface area contributed by atoms with Crippen molar-refractivity contribution in [2.24, 2.45) is 0 Å². The SMILES string of the molecule is COc1ccccc1NCC(=O)N1CCCc2c(N)cccc21. The van der Waals surface area contributed by atoms with Crippen molar-refractivity contribution >= 4 is 23.0 Å². The molecule has 0 atom stereocenters. The first-order chi connectivity index (χ1) is 11.2. The number of para-hydroxylation sites is 2. The largest absolute Gasteiger partial charge is 0.495 e. The first kappa shape index (κ1) is 15.2. The highest BCUT2D eigenvalue weighted by molar-refractivity contribution is 5.98. The summed E-state index contributed by atoms with van der Waals surface area (Å²) in [4.78, 5) is 14.4. The fourth-order valence-corrected chi connectivity index (χ4v) is 2.97. The van der Waals surface area contributed by atoms with E-state index in [-0.39, 0.29) is 12.5 Å². The fraction of sp³-hybridized carbons (Fsp3) is 0.278. The van der Waals surface area contributed by atoms with E-state index < -0.39 is 0 Å². The number of hydrogen-bond donors (Lipinski definition) is 2. The van der Waals surface area contributed by atoms with E-state index in [1.54, 1.807) is 7.11 Å². The molecule has 0 saturated carbocycles. The van der Waals surface area contributed by atoms with Crippen LogP contribution in [0.25, 0.3) is 0 Å². The van der Waals surface area contributed by atoms with Crippen molar-refractivity contribution in [3.8, 4) is 5.75 Å². The monoisotopic (exact) mass is 311 g/mol. The van der Waals surface area contributed by atoms with Gasteiger partial charge in [-0.1, -0.05) is 18.2 Å². The summed E-state index contributed by atoms with van der Waals surface area (Å²) < 4.78 is 5.29. The highest BCUT2D eigenvalue weighted by Crippen LogP contribution is 2.31. The van der Waals surface area contributed by atoms with Gasteiger partial charge in [-0.15, -0.1) is 0 Å². The number of amides is 1. The predicted molar refractivity (Wildman–Crippen MR) is 93.0 cm³/mol. The molecule has 0 aromatic heterocycles. The second-order valence-electron chi connectivity index (χ2n) is 5.55.